The molecule has 3 heterocycles. The van der Waals surface area contributed by atoms with E-state index in [1.54, 1.807) is 32.0 Å². The molecule has 2 aliphatic heterocycles. The fourth-order valence-corrected chi connectivity index (χ4v) is 5.69. The summed E-state index contributed by atoms with van der Waals surface area (Å²) in [4.78, 5) is 85.1. The normalized spacial score (nSPS) is 16.6. The number of aliphatic carboxylic acids is 1. The van der Waals surface area contributed by atoms with Gasteiger partial charge in [0.05, 0.1) is 19.2 Å². The molecule has 0 aliphatic carbocycles. The number of carboxylic acid groups (broad SMARTS) is 1. The van der Waals surface area contributed by atoms with E-state index in [0.29, 0.717) is 42.6 Å². The largest absolute Gasteiger partial charge is 0.497 e. The van der Waals surface area contributed by atoms with Crippen LogP contribution in [0, 0.1) is 0 Å². The van der Waals surface area contributed by atoms with Gasteiger partial charge < -0.3 is 44.7 Å². The molecular weight excluding hydrogens is 628 g/mol. The first-order valence-electron chi connectivity index (χ1n) is 16.0. The number of benzene rings is 1. The molecule has 0 radical (unpaired) electrons. The zero-order valence-electron chi connectivity index (χ0n) is 27.4. The van der Waals surface area contributed by atoms with E-state index in [1.807, 2.05) is 0 Å². The van der Waals surface area contributed by atoms with Crippen LogP contribution >= 0.6 is 0 Å². The number of rotatable bonds is 13. The van der Waals surface area contributed by atoms with E-state index in [4.69, 9.17) is 14.2 Å². The highest BCUT2D eigenvalue weighted by Gasteiger charge is 2.34. The molecule has 0 spiro atoms. The van der Waals surface area contributed by atoms with Gasteiger partial charge in [-0.05, 0) is 45.2 Å². The van der Waals surface area contributed by atoms with Gasteiger partial charge in [0.1, 0.15) is 29.3 Å². The van der Waals surface area contributed by atoms with Crippen LogP contribution in [0.5, 0.6) is 11.5 Å². The van der Waals surface area contributed by atoms with Crippen LogP contribution in [0.25, 0.3) is 10.9 Å². The first-order chi connectivity index (χ1) is 23.1. The maximum Gasteiger partial charge on any atom is 0.409 e. The van der Waals surface area contributed by atoms with Crippen molar-refractivity contribution in [1.29, 1.82) is 0 Å². The minimum atomic E-state index is -1.20. The summed E-state index contributed by atoms with van der Waals surface area (Å²) in [6.07, 6.45) is 0.175. The van der Waals surface area contributed by atoms with E-state index >= 15 is 0 Å². The van der Waals surface area contributed by atoms with E-state index < -0.39 is 48.5 Å². The molecule has 2 fully saturated rings. The topological polar surface area (TPSA) is 197 Å². The fraction of sp³-hybridized carbons (Fsp3) is 0.531. The van der Waals surface area contributed by atoms with Crippen molar-refractivity contribution >= 4 is 46.6 Å². The number of amides is 5. The monoisotopic (exact) mass is 670 g/mol. The minimum absolute atomic E-state index is 0.139. The lowest BCUT2D eigenvalue weighted by atomic mass is 10.1. The SMILES string of the molecule is CCNC(=O)C1CCCN1C(=O)COc1cc(C(=O)NC(CCC(=O)O)C(=O)N2CCN(C(=O)OCC)CC2)nc2cc(OC)ccc12. The second kappa shape index (κ2) is 16.6. The highest BCUT2D eigenvalue weighted by atomic mass is 16.6. The summed E-state index contributed by atoms with van der Waals surface area (Å²) in [7, 11) is 1.47. The third-order valence-corrected chi connectivity index (χ3v) is 8.16. The van der Waals surface area contributed by atoms with Gasteiger partial charge in [0, 0.05) is 63.2 Å². The number of aromatic nitrogens is 1. The Balaban J connectivity index is 1.53. The molecule has 4 rings (SSSR count). The summed E-state index contributed by atoms with van der Waals surface area (Å²) in [6, 6.07) is 4.49. The van der Waals surface area contributed by atoms with Crippen LogP contribution in [0.4, 0.5) is 4.79 Å². The Hall–Kier alpha value is -5.15. The minimum Gasteiger partial charge on any atom is -0.497 e. The molecule has 2 unspecified atom stereocenters. The van der Waals surface area contributed by atoms with Crippen LogP contribution in [0.15, 0.2) is 24.3 Å². The molecule has 16 heteroatoms. The fourth-order valence-electron chi connectivity index (χ4n) is 5.69. The summed E-state index contributed by atoms with van der Waals surface area (Å²) in [5, 5.41) is 15.2. The van der Waals surface area contributed by atoms with Gasteiger partial charge in [-0.25, -0.2) is 9.78 Å². The summed E-state index contributed by atoms with van der Waals surface area (Å²) < 4.78 is 16.3. The number of likely N-dealkylation sites (tertiary alicyclic amines) is 1. The number of nitrogens with zero attached hydrogens (tertiary/aromatic N) is 4. The van der Waals surface area contributed by atoms with Gasteiger partial charge in [0.25, 0.3) is 11.8 Å². The van der Waals surface area contributed by atoms with Crippen molar-refractivity contribution in [3.8, 4) is 11.5 Å². The number of fused-ring (bicyclic) bond motifs is 1. The average molecular weight is 671 g/mol. The molecule has 0 saturated carbocycles. The van der Waals surface area contributed by atoms with Gasteiger partial charge in [-0.2, -0.15) is 0 Å². The Kier molecular flexibility index (Phi) is 12.4. The molecular formula is C32H42N6O10. The van der Waals surface area contributed by atoms with Gasteiger partial charge in [-0.15, -0.1) is 0 Å². The summed E-state index contributed by atoms with van der Waals surface area (Å²) >= 11 is 0. The van der Waals surface area contributed by atoms with Crippen molar-refractivity contribution < 1.29 is 48.1 Å². The number of likely N-dealkylation sites (N-methyl/N-ethyl adjacent to an activating group) is 1. The van der Waals surface area contributed by atoms with Crippen molar-refractivity contribution in [2.75, 3.05) is 59.6 Å². The van der Waals surface area contributed by atoms with Crippen LogP contribution in [0.1, 0.15) is 50.0 Å². The molecule has 0 bridgehead atoms. The molecule has 1 aromatic heterocycles. The smallest absolute Gasteiger partial charge is 0.409 e. The Morgan fingerprint density at radius 1 is 1.02 bits per heavy atom. The Bertz CT molecular complexity index is 1530. The Labute approximate surface area is 277 Å². The predicted molar refractivity (Wildman–Crippen MR) is 171 cm³/mol. The third kappa shape index (κ3) is 8.80. The number of hydrogen-bond acceptors (Lipinski definition) is 10. The summed E-state index contributed by atoms with van der Waals surface area (Å²) in [5.74, 6) is -2.40. The zero-order valence-corrected chi connectivity index (χ0v) is 27.4. The lowest BCUT2D eigenvalue weighted by molar-refractivity contribution is -0.139. The van der Waals surface area contributed by atoms with Gasteiger partial charge in [-0.1, -0.05) is 0 Å². The summed E-state index contributed by atoms with van der Waals surface area (Å²) in [6.45, 7) is 4.97. The molecule has 2 aliphatic rings. The molecule has 16 nitrogen and oxygen atoms in total. The van der Waals surface area contributed by atoms with Gasteiger partial charge in [-0.3, -0.25) is 24.0 Å². The lowest BCUT2D eigenvalue weighted by Crippen LogP contribution is -2.56. The van der Waals surface area contributed by atoms with Crippen molar-refractivity contribution in [2.24, 2.45) is 0 Å². The first-order valence-corrected chi connectivity index (χ1v) is 16.0. The van der Waals surface area contributed by atoms with Crippen molar-refractivity contribution in [3.05, 3.63) is 30.0 Å². The quantitative estimate of drug-likeness (QED) is 0.275. The number of carbonyl (C=O) groups excluding carboxylic acids is 5. The maximum absolute atomic E-state index is 13.6. The molecule has 260 valence electrons. The van der Waals surface area contributed by atoms with E-state index in [2.05, 4.69) is 15.6 Å². The van der Waals surface area contributed by atoms with Gasteiger partial charge in [0.2, 0.25) is 11.8 Å². The van der Waals surface area contributed by atoms with Crippen molar-refractivity contribution in [3.63, 3.8) is 0 Å². The third-order valence-electron chi connectivity index (χ3n) is 8.16. The van der Waals surface area contributed by atoms with Crippen LogP contribution in [-0.2, 0) is 23.9 Å². The number of piperazine rings is 1. The molecule has 48 heavy (non-hydrogen) atoms. The van der Waals surface area contributed by atoms with Gasteiger partial charge in [0.15, 0.2) is 6.61 Å². The number of pyridine rings is 1. The molecule has 3 N–H and O–H groups in total. The maximum atomic E-state index is 13.6. The second-order valence-electron chi connectivity index (χ2n) is 11.3. The number of nitrogens with one attached hydrogen (secondary N) is 2. The van der Waals surface area contributed by atoms with Crippen LogP contribution in [0.3, 0.4) is 0 Å². The Morgan fingerprint density at radius 2 is 1.75 bits per heavy atom. The molecule has 2 aromatic rings. The van der Waals surface area contributed by atoms with Crippen molar-refractivity contribution in [2.45, 2.75) is 51.6 Å². The number of ether oxygens (including phenoxy) is 3. The predicted octanol–water partition coefficient (Wildman–Crippen LogP) is 1.01. The number of carbonyl (C=O) groups is 6. The Morgan fingerprint density at radius 3 is 2.42 bits per heavy atom. The lowest BCUT2D eigenvalue weighted by Gasteiger charge is -2.35. The van der Waals surface area contributed by atoms with E-state index in [1.165, 1.54) is 27.9 Å². The zero-order chi connectivity index (χ0) is 34.8. The first kappa shape index (κ1) is 35.7. The van der Waals surface area contributed by atoms with E-state index in [-0.39, 0.29) is 63.0 Å². The number of hydrogen-bond donors (Lipinski definition) is 3. The molecule has 5 amide bonds. The standard InChI is InChI=1S/C32H42N6O10/c1-4-33-30(43)25-7-6-12-38(25)27(39)19-48-26-18-24(34-23-17-20(46-3)8-9-21(23)26)29(42)35-22(10-11-28(40)41)31(44)36-13-15-37(16-14-36)32(45)47-5-2/h8-9,17-18,22,25H,4-7,10-16,19H2,1-3H3,(H,33,43)(H,35,42)(H,40,41). The highest BCUT2D eigenvalue weighted by molar-refractivity contribution is 6.00. The number of carboxylic acids is 1. The van der Waals surface area contributed by atoms with Gasteiger partial charge >= 0.3 is 12.1 Å². The van der Waals surface area contributed by atoms with Crippen LogP contribution < -0.4 is 20.1 Å². The molecule has 2 atom stereocenters. The molecule has 1 aromatic carbocycles. The number of methoxy groups -OCH3 is 1. The van der Waals surface area contributed by atoms with Crippen molar-refractivity contribution in [1.82, 2.24) is 30.3 Å². The summed E-state index contributed by atoms with van der Waals surface area (Å²) in [5.41, 5.74) is 0.175. The van der Waals surface area contributed by atoms with Crippen LogP contribution in [-0.4, -0.2) is 132 Å². The van der Waals surface area contributed by atoms with E-state index in [9.17, 15) is 33.9 Å². The highest BCUT2D eigenvalue weighted by Crippen LogP contribution is 2.29. The second-order valence-corrected chi connectivity index (χ2v) is 11.3. The van der Waals surface area contributed by atoms with E-state index in [0.717, 1.165) is 0 Å². The average Bonchev–Trinajstić information content (AvgIpc) is 3.59. The molecule has 2 saturated heterocycles. The van der Waals surface area contributed by atoms with Crippen LogP contribution in [0.2, 0.25) is 0 Å².